The SMILES string of the molecule is CCCC(C)C=S(N)(=O)O. The molecular formula is C6H15NO2S. The Morgan fingerprint density at radius 2 is 2.30 bits per heavy atom. The van der Waals surface area contributed by atoms with Gasteiger partial charge in [-0.15, -0.1) is 0 Å². The van der Waals surface area contributed by atoms with Crippen molar-refractivity contribution in [3.05, 3.63) is 0 Å². The summed E-state index contributed by atoms with van der Waals surface area (Å²) in [5, 5.41) is 6.20. The number of hydrogen-bond acceptors (Lipinski definition) is 1. The van der Waals surface area contributed by atoms with Gasteiger partial charge >= 0.3 is 0 Å². The molecule has 0 rings (SSSR count). The van der Waals surface area contributed by atoms with Crippen molar-refractivity contribution in [2.24, 2.45) is 11.1 Å². The number of hydrogen-bond donors (Lipinski definition) is 2. The number of rotatable bonds is 3. The van der Waals surface area contributed by atoms with E-state index in [2.05, 4.69) is 0 Å². The third kappa shape index (κ3) is 6.07. The summed E-state index contributed by atoms with van der Waals surface area (Å²) in [5.41, 5.74) is 0. The van der Waals surface area contributed by atoms with Gasteiger partial charge in [0.05, 0.1) is 0 Å². The molecule has 4 heteroatoms. The van der Waals surface area contributed by atoms with Crippen LogP contribution in [0.2, 0.25) is 0 Å². The molecule has 0 bridgehead atoms. The normalized spacial score (nSPS) is 19.6. The van der Waals surface area contributed by atoms with E-state index in [1.54, 1.807) is 0 Å². The molecule has 0 saturated carbocycles. The average molecular weight is 165 g/mol. The lowest BCUT2D eigenvalue weighted by atomic mass is 10.1. The summed E-state index contributed by atoms with van der Waals surface area (Å²) in [7, 11) is -3.12. The largest absolute Gasteiger partial charge is 0.303 e. The van der Waals surface area contributed by atoms with Gasteiger partial charge in [-0.25, -0.2) is 9.35 Å². The molecule has 0 heterocycles. The highest BCUT2D eigenvalue weighted by molar-refractivity contribution is 7.94. The van der Waals surface area contributed by atoms with Crippen molar-refractivity contribution in [3.8, 4) is 0 Å². The highest BCUT2D eigenvalue weighted by atomic mass is 32.2. The molecule has 0 fully saturated rings. The maximum Gasteiger partial charge on any atom is 0.138 e. The molecule has 0 aromatic heterocycles. The third-order valence-corrected chi connectivity index (χ3v) is 2.03. The molecule has 3 N–H and O–H groups in total. The van der Waals surface area contributed by atoms with Crippen LogP contribution in [0.1, 0.15) is 26.7 Å². The monoisotopic (exact) mass is 165 g/mol. The molecule has 0 aliphatic rings. The van der Waals surface area contributed by atoms with Gasteiger partial charge in [0.25, 0.3) is 0 Å². The first-order valence-corrected chi connectivity index (χ1v) is 4.99. The predicted molar refractivity (Wildman–Crippen MR) is 45.1 cm³/mol. The van der Waals surface area contributed by atoms with Gasteiger partial charge in [-0.05, 0) is 12.3 Å². The van der Waals surface area contributed by atoms with Crippen LogP contribution in [-0.4, -0.2) is 14.1 Å². The van der Waals surface area contributed by atoms with E-state index < -0.39 is 9.99 Å². The van der Waals surface area contributed by atoms with Gasteiger partial charge in [-0.1, -0.05) is 20.3 Å². The molecule has 62 valence electrons. The molecule has 0 spiro atoms. The van der Waals surface area contributed by atoms with Gasteiger partial charge in [0.2, 0.25) is 0 Å². The fourth-order valence-electron chi connectivity index (χ4n) is 0.856. The minimum Gasteiger partial charge on any atom is -0.303 e. The van der Waals surface area contributed by atoms with Crippen LogP contribution < -0.4 is 5.14 Å². The molecule has 2 atom stereocenters. The van der Waals surface area contributed by atoms with E-state index in [-0.39, 0.29) is 5.92 Å². The van der Waals surface area contributed by atoms with Crippen LogP contribution in [0.25, 0.3) is 0 Å². The van der Waals surface area contributed by atoms with Crippen LogP contribution >= 0.6 is 0 Å². The maximum absolute atomic E-state index is 10.5. The van der Waals surface area contributed by atoms with E-state index in [4.69, 9.17) is 9.69 Å². The quantitative estimate of drug-likeness (QED) is 0.609. The van der Waals surface area contributed by atoms with Gasteiger partial charge in [0.15, 0.2) is 0 Å². The lowest BCUT2D eigenvalue weighted by Crippen LogP contribution is -2.16. The Balaban J connectivity index is 4.01. The summed E-state index contributed by atoms with van der Waals surface area (Å²) in [6.07, 6.45) is 1.92. The third-order valence-electron chi connectivity index (χ3n) is 1.17. The second-order valence-electron chi connectivity index (χ2n) is 2.52. The van der Waals surface area contributed by atoms with Crippen LogP contribution in [0.5, 0.6) is 0 Å². The first-order chi connectivity index (χ1) is 4.45. The van der Waals surface area contributed by atoms with Crippen molar-refractivity contribution in [1.82, 2.24) is 0 Å². The Kier molecular flexibility index (Phi) is 3.93. The molecule has 0 aliphatic heterocycles. The Morgan fingerprint density at radius 3 is 2.60 bits per heavy atom. The van der Waals surface area contributed by atoms with Gasteiger partial charge < -0.3 is 4.55 Å². The number of nitrogens with two attached hydrogens (primary N) is 1. The summed E-state index contributed by atoms with van der Waals surface area (Å²) in [6, 6.07) is 0. The van der Waals surface area contributed by atoms with Crippen molar-refractivity contribution in [2.45, 2.75) is 26.7 Å². The smallest absolute Gasteiger partial charge is 0.138 e. The predicted octanol–water partition coefficient (Wildman–Crippen LogP) is 0.856. The Bertz CT molecular complexity index is 186. The zero-order valence-corrected chi connectivity index (χ0v) is 7.23. The van der Waals surface area contributed by atoms with Gasteiger partial charge in [-0.2, -0.15) is 0 Å². The second kappa shape index (κ2) is 3.95. The first-order valence-electron chi connectivity index (χ1n) is 3.35. The van der Waals surface area contributed by atoms with E-state index in [1.165, 1.54) is 5.37 Å². The molecule has 0 aromatic rings. The molecular weight excluding hydrogens is 150 g/mol. The zero-order chi connectivity index (χ0) is 8.20. The first kappa shape index (κ1) is 9.94. The lowest BCUT2D eigenvalue weighted by molar-refractivity contribution is 0.559. The molecule has 0 aliphatic carbocycles. The van der Waals surface area contributed by atoms with Crippen molar-refractivity contribution in [1.29, 1.82) is 0 Å². The summed E-state index contributed by atoms with van der Waals surface area (Å²) >= 11 is 0. The van der Waals surface area contributed by atoms with Crippen LogP contribution in [-0.2, 0) is 9.99 Å². The summed E-state index contributed by atoms with van der Waals surface area (Å²) in [4.78, 5) is 0. The Morgan fingerprint density at radius 1 is 1.80 bits per heavy atom. The van der Waals surface area contributed by atoms with Crippen molar-refractivity contribution >= 4 is 15.4 Å². The van der Waals surface area contributed by atoms with Gasteiger partial charge in [0.1, 0.15) is 9.99 Å². The van der Waals surface area contributed by atoms with Crippen LogP contribution in [0.4, 0.5) is 0 Å². The molecule has 10 heavy (non-hydrogen) atoms. The van der Waals surface area contributed by atoms with Crippen molar-refractivity contribution in [2.75, 3.05) is 0 Å². The van der Waals surface area contributed by atoms with Gasteiger partial charge in [-0.3, -0.25) is 0 Å². The molecule has 0 radical (unpaired) electrons. The maximum atomic E-state index is 10.5. The van der Waals surface area contributed by atoms with E-state index >= 15 is 0 Å². The van der Waals surface area contributed by atoms with Crippen LogP contribution in [0, 0.1) is 5.92 Å². The summed E-state index contributed by atoms with van der Waals surface area (Å²) in [5.74, 6) is 0.132. The highest BCUT2D eigenvalue weighted by Crippen LogP contribution is 2.01. The lowest BCUT2D eigenvalue weighted by Gasteiger charge is -2.02. The summed E-state index contributed by atoms with van der Waals surface area (Å²) in [6.45, 7) is 3.91. The molecule has 0 aromatic carbocycles. The van der Waals surface area contributed by atoms with Crippen LogP contribution in [0.3, 0.4) is 0 Å². The summed E-state index contributed by atoms with van der Waals surface area (Å²) < 4.78 is 19.2. The zero-order valence-electron chi connectivity index (χ0n) is 6.41. The minimum atomic E-state index is -3.12. The van der Waals surface area contributed by atoms with E-state index in [1.807, 2.05) is 13.8 Å². The van der Waals surface area contributed by atoms with Crippen molar-refractivity contribution < 1.29 is 8.76 Å². The Hall–Kier alpha value is -0.0600. The molecule has 0 amide bonds. The van der Waals surface area contributed by atoms with Gasteiger partial charge in [0, 0.05) is 5.37 Å². The second-order valence-corrected chi connectivity index (χ2v) is 4.02. The fourth-order valence-corrected chi connectivity index (χ4v) is 1.66. The fraction of sp³-hybridized carbons (Fsp3) is 0.833. The Labute approximate surface area is 62.6 Å². The van der Waals surface area contributed by atoms with Crippen LogP contribution in [0.15, 0.2) is 0 Å². The minimum absolute atomic E-state index is 0.132. The molecule has 3 nitrogen and oxygen atoms in total. The topological polar surface area (TPSA) is 63.3 Å². The standard InChI is InChI=1S/C6H15NO2S/c1-3-4-6(2)5-10(7,8)9/h5-6H,3-4H2,1-2H3,(H3,7,8,9). The van der Waals surface area contributed by atoms with E-state index in [0.29, 0.717) is 0 Å². The molecule has 0 saturated heterocycles. The molecule has 2 unspecified atom stereocenters. The van der Waals surface area contributed by atoms with Crippen molar-refractivity contribution in [3.63, 3.8) is 0 Å². The van der Waals surface area contributed by atoms with E-state index in [9.17, 15) is 4.21 Å². The van der Waals surface area contributed by atoms with E-state index in [0.717, 1.165) is 12.8 Å². The highest BCUT2D eigenvalue weighted by Gasteiger charge is 1.99. The average Bonchev–Trinajstić information content (AvgIpc) is 1.59.